The number of nitrogens with zero attached hydrogens (tertiary/aromatic N) is 4. The zero-order valence-electron chi connectivity index (χ0n) is 15.2. The van der Waals surface area contributed by atoms with Gasteiger partial charge in [0.25, 0.3) is 0 Å². The number of hydrogen-bond donors (Lipinski definition) is 0. The van der Waals surface area contributed by atoms with Gasteiger partial charge in [0.1, 0.15) is 17.4 Å². The Morgan fingerprint density at radius 2 is 1.74 bits per heavy atom. The first-order chi connectivity index (χ1) is 13.2. The predicted molar refractivity (Wildman–Crippen MR) is 103 cm³/mol. The molecule has 0 N–H and O–H groups in total. The average molecular weight is 382 g/mol. The van der Waals surface area contributed by atoms with Crippen LogP contribution < -0.4 is 14.2 Å². The van der Waals surface area contributed by atoms with Gasteiger partial charge >= 0.3 is 0 Å². The smallest absolute Gasteiger partial charge is 0.235 e. The van der Waals surface area contributed by atoms with E-state index in [2.05, 4.69) is 15.3 Å². The summed E-state index contributed by atoms with van der Waals surface area (Å²) in [6.45, 7) is 2.33. The first-order valence-corrected chi connectivity index (χ1v) is 9.12. The molecule has 138 valence electrons. The molecular formula is C19H18N4O3S. The number of methoxy groups -OCH3 is 2. The molecule has 0 spiro atoms. The molecular weight excluding hydrogens is 364 g/mol. The largest absolute Gasteiger partial charge is 0.493 e. The molecule has 4 aromatic rings. The molecule has 0 aliphatic heterocycles. The number of benzene rings is 2. The van der Waals surface area contributed by atoms with Crippen LogP contribution in [0.25, 0.3) is 15.5 Å². The highest BCUT2D eigenvalue weighted by atomic mass is 32.1. The first kappa shape index (κ1) is 17.3. The minimum Gasteiger partial charge on any atom is -0.493 e. The molecule has 0 atom stereocenters. The summed E-state index contributed by atoms with van der Waals surface area (Å²) in [6, 6.07) is 13.6. The lowest BCUT2D eigenvalue weighted by atomic mass is 10.2. The maximum absolute atomic E-state index is 5.80. The lowest BCUT2D eigenvalue weighted by molar-refractivity contribution is 0.293. The summed E-state index contributed by atoms with van der Waals surface area (Å²) < 4.78 is 18.2. The molecule has 2 aromatic heterocycles. The van der Waals surface area contributed by atoms with Crippen molar-refractivity contribution in [1.82, 2.24) is 19.8 Å². The summed E-state index contributed by atoms with van der Waals surface area (Å²) in [4.78, 5) is 0.710. The number of hydrogen-bond acceptors (Lipinski definition) is 7. The van der Waals surface area contributed by atoms with Crippen LogP contribution in [0.3, 0.4) is 0 Å². The topological polar surface area (TPSA) is 70.8 Å². The Morgan fingerprint density at radius 3 is 2.48 bits per heavy atom. The van der Waals surface area contributed by atoms with E-state index in [0.717, 1.165) is 16.3 Å². The summed E-state index contributed by atoms with van der Waals surface area (Å²) >= 11 is 1.45. The van der Waals surface area contributed by atoms with Gasteiger partial charge in [0.05, 0.1) is 14.2 Å². The minimum atomic E-state index is 0.291. The molecule has 0 aliphatic carbocycles. The number of aryl methyl sites for hydroxylation is 1. The van der Waals surface area contributed by atoms with Crippen molar-refractivity contribution in [3.05, 3.63) is 53.9 Å². The van der Waals surface area contributed by atoms with Crippen LogP contribution in [-0.2, 0) is 6.61 Å². The molecule has 0 radical (unpaired) electrons. The molecule has 7 nitrogen and oxygen atoms in total. The van der Waals surface area contributed by atoms with Gasteiger partial charge in [-0.15, -0.1) is 10.2 Å². The van der Waals surface area contributed by atoms with Crippen molar-refractivity contribution in [3.8, 4) is 27.8 Å². The maximum atomic E-state index is 5.80. The Bertz CT molecular complexity index is 1070. The van der Waals surface area contributed by atoms with Crippen LogP contribution in [0.2, 0.25) is 0 Å². The van der Waals surface area contributed by atoms with Crippen LogP contribution in [0.5, 0.6) is 17.2 Å². The summed E-state index contributed by atoms with van der Waals surface area (Å²) in [5.41, 5.74) is 2.11. The van der Waals surface area contributed by atoms with Crippen molar-refractivity contribution in [3.63, 3.8) is 0 Å². The highest BCUT2D eigenvalue weighted by Crippen LogP contribution is 2.34. The van der Waals surface area contributed by atoms with Gasteiger partial charge in [-0.1, -0.05) is 29.0 Å². The molecule has 4 rings (SSSR count). The standard InChI is InChI=1S/C19H18N4O3S/c1-12-4-7-14(8-5-12)26-11-17-20-21-19-23(17)22-18(27-19)13-6-9-15(24-2)16(10-13)25-3/h4-10H,11H2,1-3H3. The van der Waals surface area contributed by atoms with Crippen molar-refractivity contribution in [2.75, 3.05) is 14.2 Å². The molecule has 0 unspecified atom stereocenters. The van der Waals surface area contributed by atoms with Gasteiger partial charge in [0.15, 0.2) is 17.3 Å². The van der Waals surface area contributed by atoms with E-state index in [0.29, 0.717) is 28.9 Å². The molecule has 0 bridgehead atoms. The van der Waals surface area contributed by atoms with Crippen LogP contribution in [0, 0.1) is 6.92 Å². The Labute approximate surface area is 160 Å². The van der Waals surface area contributed by atoms with E-state index >= 15 is 0 Å². The highest BCUT2D eigenvalue weighted by Gasteiger charge is 2.15. The third-order valence-electron chi connectivity index (χ3n) is 4.07. The van der Waals surface area contributed by atoms with E-state index in [1.54, 1.807) is 18.7 Å². The van der Waals surface area contributed by atoms with Gasteiger partial charge in [0.2, 0.25) is 4.96 Å². The number of fused-ring (bicyclic) bond motifs is 1. The van der Waals surface area contributed by atoms with E-state index in [9.17, 15) is 0 Å². The second kappa shape index (κ2) is 7.24. The Balaban J connectivity index is 1.59. The summed E-state index contributed by atoms with van der Waals surface area (Å²) in [5, 5.41) is 13.8. The van der Waals surface area contributed by atoms with Crippen LogP contribution in [0.1, 0.15) is 11.4 Å². The third-order valence-corrected chi connectivity index (χ3v) is 5.02. The fraction of sp³-hybridized carbons (Fsp3) is 0.211. The summed E-state index contributed by atoms with van der Waals surface area (Å²) in [5.74, 6) is 2.77. The second-order valence-corrected chi connectivity index (χ2v) is 6.85. The molecule has 2 aromatic carbocycles. The van der Waals surface area contributed by atoms with Crippen molar-refractivity contribution in [2.24, 2.45) is 0 Å². The van der Waals surface area contributed by atoms with Gasteiger partial charge in [0, 0.05) is 5.56 Å². The van der Waals surface area contributed by atoms with E-state index in [-0.39, 0.29) is 0 Å². The molecule has 2 heterocycles. The normalized spacial score (nSPS) is 10.9. The fourth-order valence-corrected chi connectivity index (χ4v) is 3.47. The van der Waals surface area contributed by atoms with Gasteiger partial charge in [-0.05, 0) is 37.3 Å². The fourth-order valence-electron chi connectivity index (χ4n) is 2.62. The maximum Gasteiger partial charge on any atom is 0.235 e. The summed E-state index contributed by atoms with van der Waals surface area (Å²) in [6.07, 6.45) is 0. The Kier molecular flexibility index (Phi) is 4.64. The quantitative estimate of drug-likeness (QED) is 0.506. The third kappa shape index (κ3) is 3.43. The lowest BCUT2D eigenvalue weighted by Gasteiger charge is -2.07. The first-order valence-electron chi connectivity index (χ1n) is 8.31. The zero-order chi connectivity index (χ0) is 18.8. The molecule has 8 heteroatoms. The second-order valence-electron chi connectivity index (χ2n) is 5.89. The molecule has 0 saturated heterocycles. The van der Waals surface area contributed by atoms with Gasteiger partial charge in [-0.2, -0.15) is 9.61 Å². The van der Waals surface area contributed by atoms with Crippen LogP contribution in [0.4, 0.5) is 0 Å². The zero-order valence-corrected chi connectivity index (χ0v) is 16.0. The molecule has 0 fully saturated rings. The van der Waals surface area contributed by atoms with Gasteiger partial charge < -0.3 is 14.2 Å². The Hall–Kier alpha value is -3.13. The Morgan fingerprint density at radius 1 is 0.963 bits per heavy atom. The summed E-state index contributed by atoms with van der Waals surface area (Å²) in [7, 11) is 3.22. The van der Waals surface area contributed by atoms with Crippen molar-refractivity contribution < 1.29 is 14.2 Å². The molecule has 0 aliphatic rings. The van der Waals surface area contributed by atoms with Crippen LogP contribution >= 0.6 is 11.3 Å². The van der Waals surface area contributed by atoms with Crippen molar-refractivity contribution >= 4 is 16.3 Å². The van der Waals surface area contributed by atoms with E-state index in [1.165, 1.54) is 16.9 Å². The lowest BCUT2D eigenvalue weighted by Crippen LogP contribution is -2.02. The van der Waals surface area contributed by atoms with Crippen molar-refractivity contribution in [1.29, 1.82) is 0 Å². The van der Waals surface area contributed by atoms with E-state index in [4.69, 9.17) is 14.2 Å². The number of rotatable bonds is 6. The van der Waals surface area contributed by atoms with E-state index < -0.39 is 0 Å². The monoisotopic (exact) mass is 382 g/mol. The average Bonchev–Trinajstić information content (AvgIpc) is 3.28. The minimum absolute atomic E-state index is 0.291. The SMILES string of the molecule is COc1ccc(-c2nn3c(COc4ccc(C)cc4)nnc3s2)cc1OC. The molecule has 0 amide bonds. The molecule has 27 heavy (non-hydrogen) atoms. The number of ether oxygens (including phenoxy) is 3. The highest BCUT2D eigenvalue weighted by molar-refractivity contribution is 7.19. The molecule has 0 saturated carbocycles. The van der Waals surface area contributed by atoms with Crippen molar-refractivity contribution in [2.45, 2.75) is 13.5 Å². The van der Waals surface area contributed by atoms with Gasteiger partial charge in [-0.25, -0.2) is 0 Å². The van der Waals surface area contributed by atoms with E-state index in [1.807, 2.05) is 49.4 Å². The predicted octanol–water partition coefficient (Wildman–Crippen LogP) is 3.76. The number of aromatic nitrogens is 4. The van der Waals surface area contributed by atoms with Gasteiger partial charge in [-0.3, -0.25) is 0 Å². The van der Waals surface area contributed by atoms with Crippen LogP contribution in [-0.4, -0.2) is 34.0 Å². The van der Waals surface area contributed by atoms with Crippen LogP contribution in [0.15, 0.2) is 42.5 Å².